The molecule has 0 aliphatic heterocycles. The lowest BCUT2D eigenvalue weighted by Gasteiger charge is -2.12. The smallest absolute Gasteiger partial charge is 0.433 e. The van der Waals surface area contributed by atoms with E-state index in [1.54, 1.807) is 12.1 Å². The molecule has 1 heterocycles. The first-order valence-corrected chi connectivity index (χ1v) is 6.12. The van der Waals surface area contributed by atoms with Crippen molar-refractivity contribution in [2.24, 2.45) is 5.84 Å². The standard InChI is InChI=1S/C13H13F3N4O/c1-2-8-5-3-4-6-9(8)21-11-7-10(13(14,15)16)18-12(19-11)20-17/h3-7H,2,17H2,1H3,(H,18,19,20). The van der Waals surface area contributed by atoms with Crippen molar-refractivity contribution >= 4 is 5.95 Å². The number of alkyl halides is 3. The van der Waals surface area contributed by atoms with E-state index in [-0.39, 0.29) is 11.8 Å². The third-order valence-electron chi connectivity index (χ3n) is 2.69. The van der Waals surface area contributed by atoms with Gasteiger partial charge in [0.1, 0.15) is 5.75 Å². The van der Waals surface area contributed by atoms with E-state index in [9.17, 15) is 13.2 Å². The van der Waals surface area contributed by atoms with Crippen LogP contribution in [0.15, 0.2) is 30.3 Å². The van der Waals surface area contributed by atoms with Crippen LogP contribution in [0.2, 0.25) is 0 Å². The predicted molar refractivity (Wildman–Crippen MR) is 70.7 cm³/mol. The number of benzene rings is 1. The Hall–Kier alpha value is -2.35. The zero-order chi connectivity index (χ0) is 15.5. The quantitative estimate of drug-likeness (QED) is 0.670. The third kappa shape index (κ3) is 3.60. The van der Waals surface area contributed by atoms with Crippen LogP contribution in [-0.2, 0) is 12.6 Å². The van der Waals surface area contributed by atoms with Gasteiger partial charge in [-0.15, -0.1) is 0 Å². The topological polar surface area (TPSA) is 73.1 Å². The van der Waals surface area contributed by atoms with Crippen LogP contribution in [0.5, 0.6) is 11.6 Å². The number of hydrogen-bond acceptors (Lipinski definition) is 5. The molecule has 1 aromatic carbocycles. The molecule has 0 aliphatic rings. The Morgan fingerprint density at radius 2 is 1.95 bits per heavy atom. The largest absolute Gasteiger partial charge is 0.439 e. The molecule has 3 N–H and O–H groups in total. The molecular weight excluding hydrogens is 285 g/mol. The number of rotatable bonds is 4. The molecule has 2 aromatic rings. The molecule has 0 unspecified atom stereocenters. The first kappa shape index (κ1) is 15.0. The number of hydrazine groups is 1. The number of ether oxygens (including phenoxy) is 1. The minimum atomic E-state index is -4.61. The Balaban J connectivity index is 2.39. The van der Waals surface area contributed by atoms with Crippen molar-refractivity contribution in [1.82, 2.24) is 9.97 Å². The first-order valence-electron chi connectivity index (χ1n) is 6.12. The summed E-state index contributed by atoms with van der Waals surface area (Å²) in [4.78, 5) is 7.02. The van der Waals surface area contributed by atoms with Crippen LogP contribution in [-0.4, -0.2) is 9.97 Å². The maximum Gasteiger partial charge on any atom is 0.433 e. The van der Waals surface area contributed by atoms with Crippen LogP contribution < -0.4 is 16.0 Å². The summed E-state index contributed by atoms with van der Waals surface area (Å²) in [6.07, 6.45) is -3.94. The van der Waals surface area contributed by atoms with Gasteiger partial charge >= 0.3 is 6.18 Å². The van der Waals surface area contributed by atoms with Gasteiger partial charge in [-0.3, -0.25) is 5.43 Å². The summed E-state index contributed by atoms with van der Waals surface area (Å²) in [6.45, 7) is 1.91. The van der Waals surface area contributed by atoms with Gasteiger partial charge in [0.05, 0.1) is 0 Å². The average Bonchev–Trinajstić information content (AvgIpc) is 2.46. The average molecular weight is 298 g/mol. The summed E-state index contributed by atoms with van der Waals surface area (Å²) < 4.78 is 43.7. The molecule has 0 saturated heterocycles. The van der Waals surface area contributed by atoms with E-state index in [4.69, 9.17) is 10.6 Å². The van der Waals surface area contributed by atoms with E-state index in [1.165, 1.54) is 0 Å². The second kappa shape index (κ2) is 5.96. The lowest BCUT2D eigenvalue weighted by molar-refractivity contribution is -0.141. The lowest BCUT2D eigenvalue weighted by Crippen LogP contribution is -2.15. The summed E-state index contributed by atoms with van der Waals surface area (Å²) in [5.74, 6) is 4.92. The molecule has 1 aromatic heterocycles. The fourth-order valence-electron chi connectivity index (χ4n) is 1.70. The van der Waals surface area contributed by atoms with Gasteiger partial charge in [-0.2, -0.15) is 18.2 Å². The highest BCUT2D eigenvalue weighted by atomic mass is 19.4. The molecule has 5 nitrogen and oxygen atoms in total. The number of para-hydroxylation sites is 1. The summed E-state index contributed by atoms with van der Waals surface area (Å²) in [5.41, 5.74) is 1.72. The minimum Gasteiger partial charge on any atom is -0.439 e. The third-order valence-corrected chi connectivity index (χ3v) is 2.69. The Kier molecular flexibility index (Phi) is 4.27. The van der Waals surface area contributed by atoms with Crippen molar-refractivity contribution in [2.45, 2.75) is 19.5 Å². The van der Waals surface area contributed by atoms with Gasteiger partial charge in [0.25, 0.3) is 0 Å². The van der Waals surface area contributed by atoms with Gasteiger partial charge in [-0.25, -0.2) is 10.8 Å². The molecule has 0 radical (unpaired) electrons. The number of nitrogens with zero attached hydrogens (tertiary/aromatic N) is 2. The van der Waals surface area contributed by atoms with Crippen LogP contribution in [0.1, 0.15) is 18.2 Å². The van der Waals surface area contributed by atoms with Crippen molar-refractivity contribution in [1.29, 1.82) is 0 Å². The van der Waals surface area contributed by atoms with Gasteiger partial charge < -0.3 is 4.74 Å². The number of nitrogens with two attached hydrogens (primary N) is 1. The fraction of sp³-hybridized carbons (Fsp3) is 0.231. The normalized spacial score (nSPS) is 11.3. The maximum atomic E-state index is 12.8. The van der Waals surface area contributed by atoms with Gasteiger partial charge in [0.2, 0.25) is 11.8 Å². The lowest BCUT2D eigenvalue weighted by atomic mass is 10.1. The second-order valence-corrected chi connectivity index (χ2v) is 4.12. The van der Waals surface area contributed by atoms with Crippen LogP contribution in [0.25, 0.3) is 0 Å². The monoisotopic (exact) mass is 298 g/mol. The number of hydrogen-bond donors (Lipinski definition) is 2. The Labute approximate surface area is 118 Å². The Morgan fingerprint density at radius 3 is 2.57 bits per heavy atom. The van der Waals surface area contributed by atoms with E-state index in [1.807, 2.05) is 24.5 Å². The molecule has 0 atom stereocenters. The molecule has 0 amide bonds. The van der Waals surface area contributed by atoms with Crippen molar-refractivity contribution in [3.8, 4) is 11.6 Å². The molecule has 0 fully saturated rings. The summed E-state index contributed by atoms with van der Waals surface area (Å²) in [7, 11) is 0. The molecular formula is C13H13F3N4O. The van der Waals surface area contributed by atoms with E-state index in [0.717, 1.165) is 11.6 Å². The number of nitrogens with one attached hydrogen (secondary N) is 1. The SMILES string of the molecule is CCc1ccccc1Oc1cc(C(F)(F)F)nc(NN)n1. The van der Waals surface area contributed by atoms with Crippen molar-refractivity contribution in [2.75, 3.05) is 5.43 Å². The summed E-state index contributed by atoms with van der Waals surface area (Å²) in [5, 5.41) is 0. The predicted octanol–water partition coefficient (Wildman–Crippen LogP) is 3.14. The first-order chi connectivity index (χ1) is 9.94. The number of aryl methyl sites for hydroxylation is 1. The Bertz CT molecular complexity index is 631. The molecule has 0 bridgehead atoms. The minimum absolute atomic E-state index is 0.230. The number of anilines is 1. The zero-order valence-electron chi connectivity index (χ0n) is 11.1. The second-order valence-electron chi connectivity index (χ2n) is 4.12. The van der Waals surface area contributed by atoms with E-state index in [0.29, 0.717) is 12.2 Å². The van der Waals surface area contributed by atoms with Crippen LogP contribution >= 0.6 is 0 Å². The molecule has 0 spiro atoms. The number of halogens is 3. The highest BCUT2D eigenvalue weighted by Gasteiger charge is 2.34. The maximum absolute atomic E-state index is 12.8. The summed E-state index contributed by atoms with van der Waals surface area (Å²) >= 11 is 0. The van der Waals surface area contributed by atoms with Gasteiger partial charge in [0, 0.05) is 6.07 Å². The van der Waals surface area contributed by atoms with Gasteiger partial charge in [-0.1, -0.05) is 25.1 Å². The van der Waals surface area contributed by atoms with Crippen molar-refractivity contribution in [3.63, 3.8) is 0 Å². The fourth-order valence-corrected chi connectivity index (χ4v) is 1.70. The molecule has 112 valence electrons. The molecule has 0 aliphatic carbocycles. The number of nitrogen functional groups attached to an aromatic ring is 1. The molecule has 2 rings (SSSR count). The molecule has 21 heavy (non-hydrogen) atoms. The highest BCUT2D eigenvalue weighted by Crippen LogP contribution is 2.32. The number of aromatic nitrogens is 2. The van der Waals surface area contributed by atoms with E-state index >= 15 is 0 Å². The van der Waals surface area contributed by atoms with Crippen molar-refractivity contribution < 1.29 is 17.9 Å². The molecule has 0 saturated carbocycles. The highest BCUT2D eigenvalue weighted by molar-refractivity contribution is 5.38. The summed E-state index contributed by atoms with van der Waals surface area (Å²) in [6, 6.07) is 7.75. The van der Waals surface area contributed by atoms with Crippen LogP contribution in [0.4, 0.5) is 19.1 Å². The van der Waals surface area contributed by atoms with E-state index < -0.39 is 11.9 Å². The zero-order valence-corrected chi connectivity index (χ0v) is 11.1. The van der Waals surface area contributed by atoms with E-state index in [2.05, 4.69) is 9.97 Å². The van der Waals surface area contributed by atoms with Gasteiger partial charge in [0.15, 0.2) is 5.69 Å². The Morgan fingerprint density at radius 1 is 1.24 bits per heavy atom. The van der Waals surface area contributed by atoms with Crippen LogP contribution in [0.3, 0.4) is 0 Å². The molecule has 8 heteroatoms. The van der Waals surface area contributed by atoms with Crippen molar-refractivity contribution in [3.05, 3.63) is 41.6 Å². The van der Waals surface area contributed by atoms with Gasteiger partial charge in [-0.05, 0) is 18.1 Å². The van der Waals surface area contributed by atoms with Crippen LogP contribution in [0, 0.1) is 0 Å².